The van der Waals surface area contributed by atoms with Crippen LogP contribution in [0, 0.1) is 34.5 Å². The molecule has 0 saturated heterocycles. The third-order valence-electron chi connectivity index (χ3n) is 10.9. The summed E-state index contributed by atoms with van der Waals surface area (Å²) in [5.74, 6) is 3.29. The van der Waals surface area contributed by atoms with Gasteiger partial charge in [-0.05, 0) is 86.2 Å². The molecule has 0 bridgehead atoms. The number of para-hydroxylation sites is 1. The number of fused-ring (bicyclic) bond motifs is 6. The maximum atomic E-state index is 12.9. The second-order valence-electron chi connectivity index (χ2n) is 12.3. The largest absolute Gasteiger partial charge is 0.299 e. The van der Waals surface area contributed by atoms with Crippen molar-refractivity contribution in [2.24, 2.45) is 34.5 Å². The molecule has 7 rings (SSSR count). The first-order chi connectivity index (χ1) is 17.0. The van der Waals surface area contributed by atoms with Gasteiger partial charge in [-0.1, -0.05) is 62.4 Å². The molecule has 35 heavy (non-hydrogen) atoms. The van der Waals surface area contributed by atoms with Crippen molar-refractivity contribution in [3.63, 3.8) is 0 Å². The summed E-state index contributed by atoms with van der Waals surface area (Å²) < 4.78 is 2.21. The summed E-state index contributed by atoms with van der Waals surface area (Å²) in [6.45, 7) is 4.90. The normalized spacial score (nSPS) is 35.7. The summed E-state index contributed by atoms with van der Waals surface area (Å²) >= 11 is 0. The third kappa shape index (κ3) is 3.03. The Morgan fingerprint density at radius 2 is 1.63 bits per heavy atom. The van der Waals surface area contributed by atoms with E-state index in [0.717, 1.165) is 43.7 Å². The van der Waals surface area contributed by atoms with Crippen molar-refractivity contribution in [2.75, 3.05) is 0 Å². The van der Waals surface area contributed by atoms with Crippen LogP contribution < -0.4 is 0 Å². The van der Waals surface area contributed by atoms with Crippen LogP contribution in [0.15, 0.2) is 60.7 Å². The topological polar surface area (TPSA) is 34.9 Å². The lowest BCUT2D eigenvalue weighted by molar-refractivity contribution is -0.136. The van der Waals surface area contributed by atoms with Gasteiger partial charge in [-0.25, -0.2) is 4.68 Å². The second kappa shape index (κ2) is 7.66. The van der Waals surface area contributed by atoms with E-state index in [1.807, 2.05) is 0 Å². The van der Waals surface area contributed by atoms with Gasteiger partial charge in [0.1, 0.15) is 5.78 Å². The van der Waals surface area contributed by atoms with E-state index in [-0.39, 0.29) is 10.8 Å². The van der Waals surface area contributed by atoms with E-state index in [4.69, 9.17) is 5.10 Å². The maximum absolute atomic E-state index is 12.9. The SMILES string of the molecule is C[C@]12Cc3c(nn(-c4ccccc4)c3-c3ccccc3)C[C@@H]1CC[C@@H]1[C@@H]2CC[C@]2(C)C(=O)CC[C@@H]12. The number of hydrogen-bond donors (Lipinski definition) is 0. The average Bonchev–Trinajstić information content (AvgIpc) is 3.40. The average molecular weight is 465 g/mol. The lowest BCUT2D eigenvalue weighted by atomic mass is 9.45. The van der Waals surface area contributed by atoms with Gasteiger partial charge in [-0.2, -0.15) is 5.10 Å². The van der Waals surface area contributed by atoms with Gasteiger partial charge in [-0.15, -0.1) is 0 Å². The van der Waals surface area contributed by atoms with E-state index in [0.29, 0.717) is 23.5 Å². The van der Waals surface area contributed by atoms with Crippen molar-refractivity contribution in [1.29, 1.82) is 0 Å². The van der Waals surface area contributed by atoms with E-state index in [9.17, 15) is 4.79 Å². The minimum absolute atomic E-state index is 0.0441. The van der Waals surface area contributed by atoms with E-state index < -0.39 is 0 Å². The zero-order valence-electron chi connectivity index (χ0n) is 21.0. The van der Waals surface area contributed by atoms with Gasteiger partial charge in [0, 0.05) is 23.0 Å². The first kappa shape index (κ1) is 21.6. The van der Waals surface area contributed by atoms with E-state index >= 15 is 0 Å². The Labute approximate surface area is 208 Å². The van der Waals surface area contributed by atoms with Crippen LogP contribution in [0.2, 0.25) is 0 Å². The summed E-state index contributed by atoms with van der Waals surface area (Å²) in [5.41, 5.74) is 6.71. The number of nitrogens with zero attached hydrogens (tertiary/aromatic N) is 2. The standard InChI is InChI=1S/C32H36N2O/c1-31-18-17-27-24(26(31)15-16-29(31)35)14-13-22-19-28-25(20-32(22,27)2)30(21-9-5-3-6-10-21)34(33-28)23-11-7-4-8-12-23/h3-12,22,24,26-27H,13-20H2,1-2H3/t22-,24-,26-,27-,31-,32-/m0/s1. The number of Topliss-reactive ketones (excluding diaryl/α,β-unsaturated/α-hetero) is 1. The molecule has 0 aliphatic heterocycles. The van der Waals surface area contributed by atoms with Crippen LogP contribution in [-0.4, -0.2) is 15.6 Å². The van der Waals surface area contributed by atoms with Crippen molar-refractivity contribution in [1.82, 2.24) is 9.78 Å². The summed E-state index contributed by atoms with van der Waals surface area (Å²) in [6.07, 6.45) is 9.06. The molecule has 4 aliphatic carbocycles. The van der Waals surface area contributed by atoms with Crippen molar-refractivity contribution >= 4 is 5.78 Å². The van der Waals surface area contributed by atoms with Gasteiger partial charge in [0.2, 0.25) is 0 Å². The highest BCUT2D eigenvalue weighted by Crippen LogP contribution is 2.65. The fraction of sp³-hybridized carbons (Fsp3) is 0.500. The minimum atomic E-state index is -0.0441. The number of aromatic nitrogens is 2. The number of carbonyl (C=O) groups is 1. The summed E-state index contributed by atoms with van der Waals surface area (Å²) in [7, 11) is 0. The van der Waals surface area contributed by atoms with Crippen LogP contribution in [0.4, 0.5) is 0 Å². The molecule has 0 amide bonds. The predicted octanol–water partition coefficient (Wildman–Crippen LogP) is 7.07. The number of benzene rings is 2. The fourth-order valence-corrected chi connectivity index (χ4v) is 9.02. The van der Waals surface area contributed by atoms with Crippen molar-refractivity contribution in [3.8, 4) is 16.9 Å². The van der Waals surface area contributed by atoms with Crippen LogP contribution in [0.1, 0.15) is 63.6 Å². The zero-order chi connectivity index (χ0) is 23.8. The number of rotatable bonds is 2. The molecule has 0 unspecified atom stereocenters. The zero-order valence-corrected chi connectivity index (χ0v) is 21.0. The molecule has 3 aromatic rings. The highest BCUT2D eigenvalue weighted by atomic mass is 16.1. The van der Waals surface area contributed by atoms with Crippen molar-refractivity contribution in [3.05, 3.63) is 71.9 Å². The lowest BCUT2D eigenvalue weighted by Crippen LogP contribution is -2.54. The summed E-state index contributed by atoms with van der Waals surface area (Å²) in [5, 5.41) is 5.27. The molecule has 3 nitrogen and oxygen atoms in total. The van der Waals surface area contributed by atoms with Gasteiger partial charge in [-0.3, -0.25) is 4.79 Å². The van der Waals surface area contributed by atoms with Gasteiger partial charge in [0.25, 0.3) is 0 Å². The Morgan fingerprint density at radius 1 is 0.886 bits per heavy atom. The molecular weight excluding hydrogens is 428 g/mol. The summed E-state index contributed by atoms with van der Waals surface area (Å²) in [4.78, 5) is 12.9. The lowest BCUT2D eigenvalue weighted by Gasteiger charge is -2.59. The maximum Gasteiger partial charge on any atom is 0.139 e. The van der Waals surface area contributed by atoms with Gasteiger partial charge in [0.05, 0.1) is 17.1 Å². The van der Waals surface area contributed by atoms with Gasteiger partial charge < -0.3 is 0 Å². The molecule has 180 valence electrons. The van der Waals surface area contributed by atoms with Crippen LogP contribution >= 0.6 is 0 Å². The van der Waals surface area contributed by atoms with Crippen molar-refractivity contribution < 1.29 is 4.79 Å². The molecule has 1 heterocycles. The van der Waals surface area contributed by atoms with Crippen LogP contribution in [-0.2, 0) is 17.6 Å². The first-order valence-electron chi connectivity index (χ1n) is 13.7. The Morgan fingerprint density at radius 3 is 2.40 bits per heavy atom. The highest BCUT2D eigenvalue weighted by molar-refractivity contribution is 5.87. The van der Waals surface area contributed by atoms with E-state index in [2.05, 4.69) is 79.2 Å². The Balaban J connectivity index is 1.33. The van der Waals surface area contributed by atoms with Crippen LogP contribution in [0.5, 0.6) is 0 Å². The quantitative estimate of drug-likeness (QED) is 0.407. The monoisotopic (exact) mass is 464 g/mol. The number of ketones is 1. The minimum Gasteiger partial charge on any atom is -0.299 e. The second-order valence-corrected chi connectivity index (χ2v) is 12.3. The molecule has 2 aromatic carbocycles. The van der Waals surface area contributed by atoms with Crippen LogP contribution in [0.25, 0.3) is 16.9 Å². The predicted molar refractivity (Wildman–Crippen MR) is 139 cm³/mol. The van der Waals surface area contributed by atoms with Crippen molar-refractivity contribution in [2.45, 2.75) is 65.2 Å². The smallest absolute Gasteiger partial charge is 0.139 e. The van der Waals surface area contributed by atoms with E-state index in [1.54, 1.807) is 0 Å². The fourth-order valence-electron chi connectivity index (χ4n) is 9.02. The van der Waals surface area contributed by atoms with Gasteiger partial charge in [0.15, 0.2) is 0 Å². The molecule has 1 aromatic heterocycles. The molecule has 4 aliphatic rings. The molecule has 6 atom stereocenters. The molecule has 3 saturated carbocycles. The summed E-state index contributed by atoms with van der Waals surface area (Å²) in [6, 6.07) is 21.5. The van der Waals surface area contributed by atoms with Gasteiger partial charge >= 0.3 is 0 Å². The Kier molecular flexibility index (Phi) is 4.72. The molecule has 0 N–H and O–H groups in total. The molecular formula is C32H36N2O. The molecule has 3 fully saturated rings. The van der Waals surface area contributed by atoms with Crippen LogP contribution in [0.3, 0.4) is 0 Å². The number of carbonyl (C=O) groups excluding carboxylic acids is 1. The molecule has 0 radical (unpaired) electrons. The Hall–Kier alpha value is -2.68. The highest BCUT2D eigenvalue weighted by Gasteiger charge is 2.60. The first-order valence-corrected chi connectivity index (χ1v) is 13.7. The molecule has 3 heteroatoms. The van der Waals surface area contributed by atoms with E-state index in [1.165, 1.54) is 41.8 Å². The number of hydrogen-bond acceptors (Lipinski definition) is 2. The Bertz CT molecular complexity index is 1280. The third-order valence-corrected chi connectivity index (χ3v) is 10.9. The molecule has 0 spiro atoms.